The Morgan fingerprint density at radius 3 is 1.25 bits per heavy atom. The van der Waals surface area contributed by atoms with Gasteiger partial charge in [-0.15, -0.1) is 0 Å². The van der Waals surface area contributed by atoms with Crippen molar-refractivity contribution in [1.82, 2.24) is 0 Å². The number of hydrogen-bond donors (Lipinski definition) is 0. The molecule has 0 fully saturated rings. The van der Waals surface area contributed by atoms with Crippen LogP contribution >= 0.6 is 0 Å². The van der Waals surface area contributed by atoms with E-state index in [0.717, 1.165) is 6.42 Å². The Hall–Kier alpha value is -0.0400. The second-order valence-electron chi connectivity index (χ2n) is 8.43. The fourth-order valence-electron chi connectivity index (χ4n) is 2.14. The van der Waals surface area contributed by atoms with Crippen molar-refractivity contribution < 1.29 is 4.74 Å². The Labute approximate surface area is 103 Å². The molecule has 0 aromatic heterocycles. The minimum atomic E-state index is -0.0937. The number of ether oxygens (including phenoxy) is 1. The molecule has 0 heterocycles. The molecule has 1 atom stereocenters. The standard InChI is InChI=1S/C15H32O/c1-12(2,3)11-15(10,13(4,5)6)16-14(7,8)9/h11H2,1-10H3. The molecule has 1 heteroatoms. The van der Waals surface area contributed by atoms with Crippen molar-refractivity contribution in [3.63, 3.8) is 0 Å². The van der Waals surface area contributed by atoms with Crippen LogP contribution in [0.25, 0.3) is 0 Å². The fourth-order valence-corrected chi connectivity index (χ4v) is 2.14. The maximum Gasteiger partial charge on any atom is 0.0714 e. The Kier molecular flexibility index (Phi) is 4.32. The minimum absolute atomic E-state index is 0.0900. The molecule has 0 bridgehead atoms. The lowest BCUT2D eigenvalue weighted by Gasteiger charge is -2.48. The van der Waals surface area contributed by atoms with E-state index in [0.29, 0.717) is 0 Å². The maximum absolute atomic E-state index is 6.37. The van der Waals surface area contributed by atoms with Gasteiger partial charge in [0.15, 0.2) is 0 Å². The smallest absolute Gasteiger partial charge is 0.0714 e. The SMILES string of the molecule is CC(C)(C)CC(C)(OC(C)(C)C)C(C)(C)C. The van der Waals surface area contributed by atoms with Crippen LogP contribution in [0.3, 0.4) is 0 Å². The highest BCUT2D eigenvalue weighted by atomic mass is 16.5. The number of rotatable bonds is 2. The van der Waals surface area contributed by atoms with Crippen LogP contribution in [0.1, 0.15) is 75.7 Å². The van der Waals surface area contributed by atoms with E-state index >= 15 is 0 Å². The van der Waals surface area contributed by atoms with E-state index in [-0.39, 0.29) is 22.0 Å². The molecular formula is C15H32O. The second kappa shape index (κ2) is 4.33. The summed E-state index contributed by atoms with van der Waals surface area (Å²) in [6.07, 6.45) is 1.07. The normalized spacial score (nSPS) is 18.4. The molecule has 0 saturated carbocycles. The average molecular weight is 228 g/mol. The Balaban J connectivity index is 5.07. The van der Waals surface area contributed by atoms with Crippen molar-refractivity contribution in [1.29, 1.82) is 0 Å². The Morgan fingerprint density at radius 1 is 0.688 bits per heavy atom. The highest BCUT2D eigenvalue weighted by molar-refractivity contribution is 4.93. The van der Waals surface area contributed by atoms with Crippen molar-refractivity contribution in [2.24, 2.45) is 10.8 Å². The lowest BCUT2D eigenvalue weighted by Crippen LogP contribution is -2.49. The molecule has 1 nitrogen and oxygen atoms in total. The summed E-state index contributed by atoms with van der Waals surface area (Å²) < 4.78 is 6.37. The van der Waals surface area contributed by atoms with Gasteiger partial charge < -0.3 is 4.74 Å². The third-order valence-electron chi connectivity index (χ3n) is 2.99. The zero-order chi connectivity index (χ0) is 13.4. The monoisotopic (exact) mass is 228 g/mol. The van der Waals surface area contributed by atoms with Crippen LogP contribution in [0.2, 0.25) is 0 Å². The summed E-state index contributed by atoms with van der Waals surface area (Å²) in [5.41, 5.74) is 0.248. The van der Waals surface area contributed by atoms with Crippen LogP contribution in [-0.2, 0) is 4.74 Å². The van der Waals surface area contributed by atoms with Gasteiger partial charge >= 0.3 is 0 Å². The van der Waals surface area contributed by atoms with Crippen LogP contribution in [0.5, 0.6) is 0 Å². The van der Waals surface area contributed by atoms with E-state index in [1.54, 1.807) is 0 Å². The molecule has 16 heavy (non-hydrogen) atoms. The maximum atomic E-state index is 6.37. The van der Waals surface area contributed by atoms with Crippen molar-refractivity contribution >= 4 is 0 Å². The Morgan fingerprint density at radius 2 is 1.06 bits per heavy atom. The van der Waals surface area contributed by atoms with Crippen LogP contribution in [0.4, 0.5) is 0 Å². The summed E-state index contributed by atoms with van der Waals surface area (Å²) in [7, 11) is 0. The first-order chi connectivity index (χ1) is 6.66. The highest BCUT2D eigenvalue weighted by Gasteiger charge is 2.43. The molecule has 0 rings (SSSR count). The van der Waals surface area contributed by atoms with Gasteiger partial charge in [0.25, 0.3) is 0 Å². The third kappa shape index (κ3) is 5.34. The van der Waals surface area contributed by atoms with Gasteiger partial charge in [-0.1, -0.05) is 41.5 Å². The van der Waals surface area contributed by atoms with Crippen LogP contribution in [-0.4, -0.2) is 11.2 Å². The summed E-state index contributed by atoms with van der Waals surface area (Å²) >= 11 is 0. The molecule has 0 aromatic carbocycles. The predicted octanol–water partition coefficient (Wildman–Crippen LogP) is 5.04. The molecule has 0 aliphatic carbocycles. The van der Waals surface area contributed by atoms with E-state index in [4.69, 9.17) is 4.74 Å². The summed E-state index contributed by atoms with van der Waals surface area (Å²) in [6.45, 7) is 22.3. The molecule has 0 spiro atoms. The molecule has 0 aliphatic rings. The molecule has 0 aliphatic heterocycles. The largest absolute Gasteiger partial charge is 0.369 e. The van der Waals surface area contributed by atoms with E-state index in [1.165, 1.54) is 0 Å². The summed E-state index contributed by atoms with van der Waals surface area (Å²) in [5.74, 6) is 0. The average Bonchev–Trinajstić information content (AvgIpc) is 1.72. The summed E-state index contributed by atoms with van der Waals surface area (Å²) in [6, 6.07) is 0. The molecule has 0 N–H and O–H groups in total. The van der Waals surface area contributed by atoms with Gasteiger partial charge in [0.1, 0.15) is 0 Å². The van der Waals surface area contributed by atoms with Crippen LogP contribution in [0, 0.1) is 10.8 Å². The third-order valence-corrected chi connectivity index (χ3v) is 2.99. The molecule has 0 radical (unpaired) electrons. The molecule has 0 saturated heterocycles. The van der Waals surface area contributed by atoms with E-state index in [9.17, 15) is 0 Å². The lowest BCUT2D eigenvalue weighted by molar-refractivity contribution is -0.187. The van der Waals surface area contributed by atoms with Gasteiger partial charge in [-0.25, -0.2) is 0 Å². The highest BCUT2D eigenvalue weighted by Crippen LogP contribution is 2.44. The minimum Gasteiger partial charge on any atom is -0.369 e. The first kappa shape index (κ1) is 16.0. The fraction of sp³-hybridized carbons (Fsp3) is 1.00. The summed E-state index contributed by atoms with van der Waals surface area (Å²) in [5, 5.41) is 0. The van der Waals surface area contributed by atoms with E-state index < -0.39 is 0 Å². The Bertz CT molecular complexity index is 203. The van der Waals surface area contributed by atoms with Crippen molar-refractivity contribution in [3.8, 4) is 0 Å². The first-order valence-corrected chi connectivity index (χ1v) is 6.37. The molecule has 0 aromatic rings. The van der Waals surface area contributed by atoms with E-state index in [2.05, 4.69) is 69.2 Å². The second-order valence-corrected chi connectivity index (χ2v) is 8.43. The van der Waals surface area contributed by atoms with Gasteiger partial charge in [0, 0.05) is 0 Å². The zero-order valence-corrected chi connectivity index (χ0v) is 13.1. The van der Waals surface area contributed by atoms with Gasteiger partial charge in [0.05, 0.1) is 11.2 Å². The quantitative estimate of drug-likeness (QED) is 0.643. The molecule has 98 valence electrons. The predicted molar refractivity (Wildman–Crippen MR) is 72.8 cm³/mol. The van der Waals surface area contributed by atoms with Gasteiger partial charge in [-0.3, -0.25) is 0 Å². The summed E-state index contributed by atoms with van der Waals surface area (Å²) in [4.78, 5) is 0. The lowest BCUT2D eigenvalue weighted by atomic mass is 9.69. The van der Waals surface area contributed by atoms with Crippen LogP contribution in [0.15, 0.2) is 0 Å². The van der Waals surface area contributed by atoms with Gasteiger partial charge in [-0.05, 0) is 44.9 Å². The van der Waals surface area contributed by atoms with Crippen molar-refractivity contribution in [2.45, 2.75) is 86.9 Å². The van der Waals surface area contributed by atoms with Crippen molar-refractivity contribution in [2.75, 3.05) is 0 Å². The van der Waals surface area contributed by atoms with E-state index in [1.807, 2.05) is 0 Å². The van der Waals surface area contributed by atoms with Gasteiger partial charge in [0.2, 0.25) is 0 Å². The van der Waals surface area contributed by atoms with Gasteiger partial charge in [-0.2, -0.15) is 0 Å². The van der Waals surface area contributed by atoms with Crippen molar-refractivity contribution in [3.05, 3.63) is 0 Å². The molecule has 1 unspecified atom stereocenters. The first-order valence-electron chi connectivity index (χ1n) is 6.37. The molecular weight excluding hydrogens is 196 g/mol. The molecule has 0 amide bonds. The van der Waals surface area contributed by atoms with Crippen LogP contribution < -0.4 is 0 Å². The zero-order valence-electron chi connectivity index (χ0n) is 13.1. The topological polar surface area (TPSA) is 9.23 Å². The number of hydrogen-bond acceptors (Lipinski definition) is 1.